The number of rotatable bonds is 5. The standard InChI is InChI=1S/C10H10FNO4/c11-8-1-7(4-12-5-8)6(2-9(13)14)3-10(15)16/h1,4-6H,2-3H2,(H,13,14)(H,15,16). The summed E-state index contributed by atoms with van der Waals surface area (Å²) in [6.07, 6.45) is 1.52. The molecule has 1 heterocycles. The second-order valence-corrected chi connectivity index (χ2v) is 3.33. The van der Waals surface area contributed by atoms with Crippen molar-refractivity contribution < 1.29 is 24.2 Å². The van der Waals surface area contributed by atoms with Gasteiger partial charge in [0.25, 0.3) is 0 Å². The summed E-state index contributed by atoms with van der Waals surface area (Å²) < 4.78 is 12.8. The molecule has 0 spiro atoms. The molecule has 1 aromatic heterocycles. The molecule has 0 atom stereocenters. The number of halogens is 1. The SMILES string of the molecule is O=C(O)CC(CC(=O)O)c1cncc(F)c1. The van der Waals surface area contributed by atoms with Crippen molar-refractivity contribution in [3.8, 4) is 0 Å². The quantitative estimate of drug-likeness (QED) is 0.790. The topological polar surface area (TPSA) is 87.5 Å². The molecule has 5 nitrogen and oxygen atoms in total. The second-order valence-electron chi connectivity index (χ2n) is 3.33. The maximum absolute atomic E-state index is 12.8. The lowest BCUT2D eigenvalue weighted by Crippen LogP contribution is -2.11. The molecule has 0 aliphatic heterocycles. The fourth-order valence-corrected chi connectivity index (χ4v) is 1.38. The summed E-state index contributed by atoms with van der Waals surface area (Å²) in [6.45, 7) is 0. The Bertz CT molecular complexity index is 392. The van der Waals surface area contributed by atoms with Gasteiger partial charge >= 0.3 is 11.9 Å². The van der Waals surface area contributed by atoms with E-state index in [1.54, 1.807) is 0 Å². The van der Waals surface area contributed by atoms with E-state index >= 15 is 0 Å². The van der Waals surface area contributed by atoms with E-state index in [4.69, 9.17) is 10.2 Å². The van der Waals surface area contributed by atoms with Crippen molar-refractivity contribution in [3.63, 3.8) is 0 Å². The van der Waals surface area contributed by atoms with Crippen LogP contribution < -0.4 is 0 Å². The average Bonchev–Trinajstić information content (AvgIpc) is 2.15. The number of aromatic nitrogens is 1. The largest absolute Gasteiger partial charge is 0.481 e. The molecule has 0 saturated heterocycles. The van der Waals surface area contributed by atoms with Crippen molar-refractivity contribution in [1.82, 2.24) is 4.98 Å². The minimum absolute atomic E-state index is 0.282. The van der Waals surface area contributed by atoms with Crippen molar-refractivity contribution >= 4 is 11.9 Å². The number of hydrogen-bond donors (Lipinski definition) is 2. The molecule has 16 heavy (non-hydrogen) atoms. The highest BCUT2D eigenvalue weighted by atomic mass is 19.1. The van der Waals surface area contributed by atoms with Crippen molar-refractivity contribution in [1.29, 1.82) is 0 Å². The fourth-order valence-electron chi connectivity index (χ4n) is 1.38. The molecule has 0 aromatic carbocycles. The number of hydrogen-bond acceptors (Lipinski definition) is 3. The van der Waals surface area contributed by atoms with Gasteiger partial charge in [0.05, 0.1) is 19.0 Å². The monoisotopic (exact) mass is 227 g/mol. The van der Waals surface area contributed by atoms with Gasteiger partial charge < -0.3 is 10.2 Å². The summed E-state index contributed by atoms with van der Waals surface area (Å²) in [6, 6.07) is 1.10. The van der Waals surface area contributed by atoms with E-state index < -0.39 is 23.7 Å². The summed E-state index contributed by atoms with van der Waals surface area (Å²) in [7, 11) is 0. The first-order valence-electron chi connectivity index (χ1n) is 4.53. The predicted octanol–water partition coefficient (Wildman–Crippen LogP) is 1.25. The van der Waals surface area contributed by atoms with Crippen molar-refractivity contribution in [3.05, 3.63) is 29.8 Å². The zero-order valence-electron chi connectivity index (χ0n) is 8.26. The van der Waals surface area contributed by atoms with Crippen LogP contribution in [0.2, 0.25) is 0 Å². The number of carboxylic acid groups (broad SMARTS) is 2. The molecular formula is C10H10FNO4. The van der Waals surface area contributed by atoms with Crippen LogP contribution in [0.1, 0.15) is 24.3 Å². The van der Waals surface area contributed by atoms with Gasteiger partial charge in [-0.2, -0.15) is 0 Å². The first-order chi connectivity index (χ1) is 7.49. The van der Waals surface area contributed by atoms with Crippen LogP contribution in [0.5, 0.6) is 0 Å². The molecule has 0 aliphatic carbocycles. The third-order valence-corrected chi connectivity index (χ3v) is 2.04. The minimum atomic E-state index is -1.13. The molecule has 0 bridgehead atoms. The van der Waals surface area contributed by atoms with Crippen LogP contribution in [0, 0.1) is 5.82 Å². The third kappa shape index (κ3) is 3.64. The zero-order valence-corrected chi connectivity index (χ0v) is 8.26. The number of aliphatic carboxylic acids is 2. The molecule has 2 N–H and O–H groups in total. The smallest absolute Gasteiger partial charge is 0.303 e. The van der Waals surface area contributed by atoms with Crippen LogP contribution in [0.4, 0.5) is 4.39 Å². The maximum Gasteiger partial charge on any atom is 0.303 e. The Morgan fingerprint density at radius 3 is 2.25 bits per heavy atom. The van der Waals surface area contributed by atoms with Crippen LogP contribution in [-0.2, 0) is 9.59 Å². The molecule has 0 unspecified atom stereocenters. The van der Waals surface area contributed by atoms with Gasteiger partial charge in [-0.05, 0) is 11.6 Å². The van der Waals surface area contributed by atoms with Gasteiger partial charge in [0, 0.05) is 12.1 Å². The van der Waals surface area contributed by atoms with E-state index in [9.17, 15) is 14.0 Å². The molecule has 1 rings (SSSR count). The lowest BCUT2D eigenvalue weighted by molar-refractivity contribution is -0.139. The highest BCUT2D eigenvalue weighted by Crippen LogP contribution is 2.23. The Kier molecular flexibility index (Phi) is 3.93. The summed E-state index contributed by atoms with van der Waals surface area (Å²) in [5, 5.41) is 17.2. The second kappa shape index (κ2) is 5.20. The van der Waals surface area contributed by atoms with Gasteiger partial charge in [-0.3, -0.25) is 14.6 Å². The first-order valence-corrected chi connectivity index (χ1v) is 4.53. The predicted molar refractivity (Wildman–Crippen MR) is 51.4 cm³/mol. The molecule has 0 amide bonds. The summed E-state index contributed by atoms with van der Waals surface area (Å²) in [4.78, 5) is 24.6. The Hall–Kier alpha value is -1.98. The lowest BCUT2D eigenvalue weighted by Gasteiger charge is -2.12. The fraction of sp³-hybridized carbons (Fsp3) is 0.300. The number of carboxylic acids is 2. The highest BCUT2D eigenvalue weighted by molar-refractivity contribution is 5.72. The van der Waals surface area contributed by atoms with Gasteiger partial charge in [0.2, 0.25) is 0 Å². The van der Waals surface area contributed by atoms with Gasteiger partial charge in [0.1, 0.15) is 5.82 Å². The first kappa shape index (κ1) is 12.1. The Morgan fingerprint density at radius 2 is 1.81 bits per heavy atom. The van der Waals surface area contributed by atoms with E-state index in [1.165, 1.54) is 6.20 Å². The van der Waals surface area contributed by atoms with Crippen molar-refractivity contribution in [2.75, 3.05) is 0 Å². The number of pyridine rings is 1. The van der Waals surface area contributed by atoms with E-state index in [0.29, 0.717) is 0 Å². The average molecular weight is 227 g/mol. The van der Waals surface area contributed by atoms with Crippen molar-refractivity contribution in [2.45, 2.75) is 18.8 Å². The Balaban J connectivity index is 2.90. The van der Waals surface area contributed by atoms with Crippen LogP contribution in [0.3, 0.4) is 0 Å². The van der Waals surface area contributed by atoms with E-state index in [1.807, 2.05) is 0 Å². The summed E-state index contributed by atoms with van der Waals surface area (Å²) >= 11 is 0. The van der Waals surface area contributed by atoms with Crippen LogP contribution in [0.25, 0.3) is 0 Å². The molecule has 1 aromatic rings. The normalized spacial score (nSPS) is 10.4. The van der Waals surface area contributed by atoms with Gasteiger partial charge in [-0.25, -0.2) is 4.39 Å². The van der Waals surface area contributed by atoms with Crippen LogP contribution >= 0.6 is 0 Å². The van der Waals surface area contributed by atoms with Crippen LogP contribution in [-0.4, -0.2) is 27.1 Å². The van der Waals surface area contributed by atoms with E-state index in [2.05, 4.69) is 4.98 Å². The Labute approximate surface area is 90.6 Å². The molecular weight excluding hydrogens is 217 g/mol. The van der Waals surface area contributed by atoms with E-state index in [-0.39, 0.29) is 18.4 Å². The molecule has 0 radical (unpaired) electrons. The number of nitrogens with zero attached hydrogens (tertiary/aromatic N) is 1. The van der Waals surface area contributed by atoms with Gasteiger partial charge in [-0.15, -0.1) is 0 Å². The summed E-state index contributed by atoms with van der Waals surface area (Å²) in [5.41, 5.74) is 0.282. The van der Waals surface area contributed by atoms with Gasteiger partial charge in [0.15, 0.2) is 0 Å². The third-order valence-electron chi connectivity index (χ3n) is 2.04. The van der Waals surface area contributed by atoms with Crippen molar-refractivity contribution in [2.24, 2.45) is 0 Å². The summed E-state index contributed by atoms with van der Waals surface area (Å²) in [5.74, 6) is -3.64. The van der Waals surface area contributed by atoms with Gasteiger partial charge in [-0.1, -0.05) is 0 Å². The molecule has 0 aliphatic rings. The molecule has 0 fully saturated rings. The minimum Gasteiger partial charge on any atom is -0.481 e. The highest BCUT2D eigenvalue weighted by Gasteiger charge is 2.19. The molecule has 6 heteroatoms. The van der Waals surface area contributed by atoms with Crippen LogP contribution in [0.15, 0.2) is 18.5 Å². The number of carbonyl (C=O) groups is 2. The zero-order chi connectivity index (χ0) is 12.1. The molecule has 0 saturated carbocycles. The Morgan fingerprint density at radius 1 is 1.25 bits per heavy atom. The van der Waals surface area contributed by atoms with E-state index in [0.717, 1.165) is 12.3 Å². The lowest BCUT2D eigenvalue weighted by atomic mass is 9.94. The molecule has 86 valence electrons. The maximum atomic E-state index is 12.8.